The molecule has 0 heterocycles. The summed E-state index contributed by atoms with van der Waals surface area (Å²) in [5.41, 5.74) is 8.67. The van der Waals surface area contributed by atoms with Gasteiger partial charge in [-0.1, -0.05) is 5.11 Å². The highest BCUT2D eigenvalue weighted by atomic mass is 19.1. The minimum Gasteiger partial charge on any atom is -0.207 e. The van der Waals surface area contributed by atoms with Crippen LogP contribution in [0.3, 0.4) is 0 Å². The standard InChI is InChI=1S/C8H5FN4/c9-8-2-1-7(12-13-11)5-6(8)3-4-10/h1-2,5H,3H2. The SMILES string of the molecule is N#CCc1cc(N=[N+]=[N-])ccc1F. The van der Waals surface area contributed by atoms with Gasteiger partial charge in [0.25, 0.3) is 0 Å². The van der Waals surface area contributed by atoms with Crippen molar-refractivity contribution in [1.82, 2.24) is 0 Å². The van der Waals surface area contributed by atoms with E-state index in [-0.39, 0.29) is 12.0 Å². The van der Waals surface area contributed by atoms with Crippen LogP contribution in [0, 0.1) is 17.1 Å². The molecule has 0 fully saturated rings. The molecule has 0 aromatic heterocycles. The Balaban J connectivity index is 3.12. The maximum Gasteiger partial charge on any atom is 0.127 e. The third-order valence-corrected chi connectivity index (χ3v) is 1.46. The predicted molar refractivity (Wildman–Crippen MR) is 44.5 cm³/mol. The molecule has 0 N–H and O–H groups in total. The molecule has 0 radical (unpaired) electrons. The molecule has 13 heavy (non-hydrogen) atoms. The molecule has 0 aliphatic heterocycles. The van der Waals surface area contributed by atoms with Crippen LogP contribution in [0.1, 0.15) is 5.56 Å². The molecule has 64 valence electrons. The van der Waals surface area contributed by atoms with E-state index in [9.17, 15) is 4.39 Å². The van der Waals surface area contributed by atoms with Crippen molar-refractivity contribution in [2.24, 2.45) is 5.11 Å². The number of nitrogens with zero attached hydrogens (tertiary/aromatic N) is 4. The molecule has 0 saturated carbocycles. The van der Waals surface area contributed by atoms with E-state index >= 15 is 0 Å². The van der Waals surface area contributed by atoms with Crippen LogP contribution in [-0.4, -0.2) is 0 Å². The van der Waals surface area contributed by atoms with Gasteiger partial charge in [-0.3, -0.25) is 0 Å². The van der Waals surface area contributed by atoms with Gasteiger partial charge in [-0.05, 0) is 23.7 Å². The molecule has 0 spiro atoms. The van der Waals surface area contributed by atoms with Gasteiger partial charge in [-0.25, -0.2) is 4.39 Å². The summed E-state index contributed by atoms with van der Waals surface area (Å²) in [6, 6.07) is 5.71. The summed E-state index contributed by atoms with van der Waals surface area (Å²) in [5.74, 6) is -0.460. The first kappa shape index (κ1) is 9.04. The fourth-order valence-electron chi connectivity index (χ4n) is 0.896. The number of halogens is 1. The van der Waals surface area contributed by atoms with Gasteiger partial charge in [0.05, 0.1) is 12.5 Å². The molecular weight excluding hydrogens is 171 g/mol. The highest BCUT2D eigenvalue weighted by molar-refractivity contribution is 5.41. The van der Waals surface area contributed by atoms with Crippen LogP contribution >= 0.6 is 0 Å². The van der Waals surface area contributed by atoms with E-state index in [1.165, 1.54) is 18.2 Å². The molecule has 4 nitrogen and oxygen atoms in total. The Hall–Kier alpha value is -2.05. The Morgan fingerprint density at radius 1 is 1.62 bits per heavy atom. The smallest absolute Gasteiger partial charge is 0.127 e. The van der Waals surface area contributed by atoms with Gasteiger partial charge in [-0.15, -0.1) is 0 Å². The van der Waals surface area contributed by atoms with E-state index < -0.39 is 5.82 Å². The van der Waals surface area contributed by atoms with E-state index in [2.05, 4.69) is 10.0 Å². The first-order chi connectivity index (χ1) is 6.27. The van der Waals surface area contributed by atoms with Crippen molar-refractivity contribution in [3.8, 4) is 6.07 Å². The fraction of sp³-hybridized carbons (Fsp3) is 0.125. The van der Waals surface area contributed by atoms with Gasteiger partial charge >= 0.3 is 0 Å². The zero-order valence-corrected chi connectivity index (χ0v) is 6.61. The van der Waals surface area contributed by atoms with Crippen LogP contribution in [0.15, 0.2) is 23.3 Å². The summed E-state index contributed by atoms with van der Waals surface area (Å²) in [6.45, 7) is 0. The summed E-state index contributed by atoms with van der Waals surface area (Å²) in [4.78, 5) is 2.56. The van der Waals surface area contributed by atoms with E-state index in [1.54, 1.807) is 0 Å². The zero-order valence-electron chi connectivity index (χ0n) is 6.61. The lowest BCUT2D eigenvalue weighted by Crippen LogP contribution is -1.86. The second-order valence-corrected chi connectivity index (χ2v) is 2.30. The van der Waals surface area contributed by atoms with Gasteiger partial charge < -0.3 is 0 Å². The monoisotopic (exact) mass is 176 g/mol. The van der Waals surface area contributed by atoms with Crippen LogP contribution in [-0.2, 0) is 6.42 Å². The number of benzene rings is 1. The molecule has 0 unspecified atom stereocenters. The quantitative estimate of drug-likeness (QED) is 0.388. The van der Waals surface area contributed by atoms with Crippen molar-refractivity contribution >= 4 is 5.69 Å². The zero-order chi connectivity index (χ0) is 9.68. The highest BCUT2D eigenvalue weighted by Crippen LogP contribution is 2.17. The third-order valence-electron chi connectivity index (χ3n) is 1.46. The largest absolute Gasteiger partial charge is 0.207 e. The van der Waals surface area contributed by atoms with Crippen LogP contribution in [0.5, 0.6) is 0 Å². The number of hydrogen-bond donors (Lipinski definition) is 0. The van der Waals surface area contributed by atoms with E-state index in [1.807, 2.05) is 6.07 Å². The summed E-state index contributed by atoms with van der Waals surface area (Å²) in [6.07, 6.45) is -0.0272. The Morgan fingerprint density at radius 2 is 2.38 bits per heavy atom. The second kappa shape index (κ2) is 4.10. The molecule has 0 saturated heterocycles. The number of nitriles is 1. The van der Waals surface area contributed by atoms with Crippen molar-refractivity contribution in [3.05, 3.63) is 40.0 Å². The molecule has 0 atom stereocenters. The van der Waals surface area contributed by atoms with Crippen LogP contribution in [0.25, 0.3) is 10.4 Å². The van der Waals surface area contributed by atoms with Crippen LogP contribution < -0.4 is 0 Å². The molecule has 1 aromatic carbocycles. The summed E-state index contributed by atoms with van der Waals surface area (Å²) < 4.78 is 12.9. The van der Waals surface area contributed by atoms with Crippen molar-refractivity contribution in [1.29, 1.82) is 5.26 Å². The lowest BCUT2D eigenvalue weighted by molar-refractivity contribution is 0.615. The predicted octanol–water partition coefficient (Wildman–Crippen LogP) is 2.83. The van der Waals surface area contributed by atoms with Gasteiger partial charge in [-0.2, -0.15) is 5.26 Å². The van der Waals surface area contributed by atoms with Gasteiger partial charge in [0.2, 0.25) is 0 Å². The average molecular weight is 176 g/mol. The molecular formula is C8H5FN4. The normalized spacial score (nSPS) is 8.62. The van der Waals surface area contributed by atoms with Crippen molar-refractivity contribution in [2.45, 2.75) is 6.42 Å². The Bertz CT molecular complexity index is 401. The minimum absolute atomic E-state index is 0.0272. The maximum absolute atomic E-state index is 12.9. The molecule has 0 amide bonds. The molecule has 1 rings (SSSR count). The average Bonchev–Trinajstić information content (AvgIpc) is 2.12. The van der Waals surface area contributed by atoms with Crippen molar-refractivity contribution < 1.29 is 4.39 Å². The van der Waals surface area contributed by atoms with E-state index in [0.29, 0.717) is 5.69 Å². The van der Waals surface area contributed by atoms with Gasteiger partial charge in [0.15, 0.2) is 0 Å². The lowest BCUT2D eigenvalue weighted by atomic mass is 10.1. The summed E-state index contributed by atoms with van der Waals surface area (Å²) in [5, 5.41) is 11.6. The van der Waals surface area contributed by atoms with E-state index in [4.69, 9.17) is 10.8 Å². The van der Waals surface area contributed by atoms with Gasteiger partial charge in [0.1, 0.15) is 5.82 Å². The highest BCUT2D eigenvalue weighted by Gasteiger charge is 2.01. The number of rotatable bonds is 2. The Kier molecular flexibility index (Phi) is 2.85. The topological polar surface area (TPSA) is 72.5 Å². The first-order valence-electron chi connectivity index (χ1n) is 3.48. The Morgan fingerprint density at radius 3 is 3.00 bits per heavy atom. The molecule has 0 bridgehead atoms. The minimum atomic E-state index is -0.460. The number of hydrogen-bond acceptors (Lipinski definition) is 2. The van der Waals surface area contributed by atoms with Crippen LogP contribution in [0.2, 0.25) is 0 Å². The summed E-state index contributed by atoms with van der Waals surface area (Å²) in [7, 11) is 0. The van der Waals surface area contributed by atoms with E-state index in [0.717, 1.165) is 0 Å². The van der Waals surface area contributed by atoms with Gasteiger partial charge in [0, 0.05) is 16.2 Å². The molecule has 0 aliphatic rings. The number of azide groups is 1. The molecule has 1 aromatic rings. The maximum atomic E-state index is 12.9. The summed E-state index contributed by atoms with van der Waals surface area (Å²) >= 11 is 0. The van der Waals surface area contributed by atoms with Crippen molar-refractivity contribution in [2.75, 3.05) is 0 Å². The fourth-order valence-corrected chi connectivity index (χ4v) is 0.896. The third kappa shape index (κ3) is 2.19. The molecule has 5 heteroatoms. The Labute approximate surface area is 73.9 Å². The lowest BCUT2D eigenvalue weighted by Gasteiger charge is -1.97. The first-order valence-corrected chi connectivity index (χ1v) is 3.48. The van der Waals surface area contributed by atoms with Crippen molar-refractivity contribution in [3.63, 3.8) is 0 Å². The molecule has 0 aliphatic carbocycles. The second-order valence-electron chi connectivity index (χ2n) is 2.30. The van der Waals surface area contributed by atoms with Crippen LogP contribution in [0.4, 0.5) is 10.1 Å².